The predicted molar refractivity (Wildman–Crippen MR) is 74.9 cm³/mol. The summed E-state index contributed by atoms with van der Waals surface area (Å²) in [5, 5.41) is 8.40. The van der Waals surface area contributed by atoms with Gasteiger partial charge in [0.2, 0.25) is 0 Å². The summed E-state index contributed by atoms with van der Waals surface area (Å²) in [6.07, 6.45) is 8.67. The van der Waals surface area contributed by atoms with E-state index in [4.69, 9.17) is 5.73 Å². The molecule has 2 aromatic rings. The summed E-state index contributed by atoms with van der Waals surface area (Å²) in [6.45, 7) is 0. The third kappa shape index (κ3) is 2.40. The maximum absolute atomic E-state index is 6.64. The maximum Gasteiger partial charge on any atom is 0.157 e. The van der Waals surface area contributed by atoms with Gasteiger partial charge in [0.05, 0.1) is 5.54 Å². The number of aromatic nitrogens is 3. The lowest BCUT2D eigenvalue weighted by atomic mass is 9.90. The van der Waals surface area contributed by atoms with Crippen molar-refractivity contribution in [3.63, 3.8) is 0 Å². The van der Waals surface area contributed by atoms with Crippen LogP contribution in [-0.2, 0) is 5.54 Å². The molecule has 0 aliphatic heterocycles. The van der Waals surface area contributed by atoms with E-state index >= 15 is 0 Å². The van der Waals surface area contributed by atoms with Crippen LogP contribution in [0.15, 0.2) is 36.7 Å². The van der Waals surface area contributed by atoms with Crippen LogP contribution < -0.4 is 5.73 Å². The second-order valence-electron chi connectivity index (χ2n) is 5.43. The van der Waals surface area contributed by atoms with Gasteiger partial charge in [-0.3, -0.25) is 4.57 Å². The number of benzene rings is 1. The highest BCUT2D eigenvalue weighted by Gasteiger charge is 2.33. The third-order valence-corrected chi connectivity index (χ3v) is 4.02. The fourth-order valence-corrected chi connectivity index (χ4v) is 2.94. The van der Waals surface area contributed by atoms with Crippen molar-refractivity contribution in [2.24, 2.45) is 5.73 Å². The van der Waals surface area contributed by atoms with Gasteiger partial charge in [0.1, 0.15) is 6.33 Å². The Morgan fingerprint density at radius 3 is 2.37 bits per heavy atom. The van der Waals surface area contributed by atoms with E-state index in [0.717, 1.165) is 24.4 Å². The van der Waals surface area contributed by atoms with E-state index in [1.165, 1.54) is 25.7 Å². The van der Waals surface area contributed by atoms with Crippen LogP contribution in [0.3, 0.4) is 0 Å². The molecule has 1 aromatic heterocycles. The Morgan fingerprint density at radius 2 is 1.68 bits per heavy atom. The third-order valence-electron chi connectivity index (χ3n) is 4.02. The molecule has 2 N–H and O–H groups in total. The first-order valence-corrected chi connectivity index (χ1v) is 7.04. The first-order chi connectivity index (χ1) is 9.30. The molecule has 1 heterocycles. The number of hydrogen-bond donors (Lipinski definition) is 1. The molecule has 4 heteroatoms. The molecule has 0 spiro atoms. The van der Waals surface area contributed by atoms with Crippen LogP contribution in [0, 0.1) is 0 Å². The topological polar surface area (TPSA) is 56.7 Å². The van der Waals surface area contributed by atoms with E-state index in [0.29, 0.717) is 0 Å². The SMILES string of the molecule is NC1(c2nncn2-c2ccccc2)CCCCCC1. The van der Waals surface area contributed by atoms with Crippen molar-refractivity contribution in [1.29, 1.82) is 0 Å². The Balaban J connectivity index is 1.99. The van der Waals surface area contributed by atoms with Gasteiger partial charge in [0.25, 0.3) is 0 Å². The van der Waals surface area contributed by atoms with E-state index in [1.54, 1.807) is 6.33 Å². The lowest BCUT2D eigenvalue weighted by Gasteiger charge is -2.27. The minimum absolute atomic E-state index is 0.331. The Kier molecular flexibility index (Phi) is 3.34. The van der Waals surface area contributed by atoms with Crippen molar-refractivity contribution >= 4 is 0 Å². The summed E-state index contributed by atoms with van der Waals surface area (Å²) >= 11 is 0. The summed E-state index contributed by atoms with van der Waals surface area (Å²) in [6, 6.07) is 10.2. The van der Waals surface area contributed by atoms with Crippen molar-refractivity contribution in [1.82, 2.24) is 14.8 Å². The molecule has 1 aromatic carbocycles. The van der Waals surface area contributed by atoms with Gasteiger partial charge in [-0.05, 0) is 25.0 Å². The van der Waals surface area contributed by atoms with Crippen LogP contribution >= 0.6 is 0 Å². The minimum Gasteiger partial charge on any atom is -0.319 e. The summed E-state index contributed by atoms with van der Waals surface area (Å²) in [5.41, 5.74) is 7.39. The van der Waals surface area contributed by atoms with Gasteiger partial charge in [0.15, 0.2) is 5.82 Å². The first-order valence-electron chi connectivity index (χ1n) is 7.04. The van der Waals surface area contributed by atoms with Gasteiger partial charge in [-0.1, -0.05) is 43.9 Å². The zero-order valence-electron chi connectivity index (χ0n) is 11.1. The summed E-state index contributed by atoms with van der Waals surface area (Å²) < 4.78 is 2.03. The lowest BCUT2D eigenvalue weighted by Crippen LogP contribution is -2.38. The van der Waals surface area contributed by atoms with E-state index < -0.39 is 0 Å². The molecule has 1 saturated carbocycles. The largest absolute Gasteiger partial charge is 0.319 e. The number of hydrogen-bond acceptors (Lipinski definition) is 3. The molecule has 0 atom stereocenters. The smallest absolute Gasteiger partial charge is 0.157 e. The van der Waals surface area contributed by atoms with E-state index in [9.17, 15) is 0 Å². The highest BCUT2D eigenvalue weighted by molar-refractivity contribution is 5.33. The molecule has 1 aliphatic rings. The average Bonchev–Trinajstić information content (AvgIpc) is 2.84. The van der Waals surface area contributed by atoms with Crippen LogP contribution in [0.1, 0.15) is 44.3 Å². The lowest BCUT2D eigenvalue weighted by molar-refractivity contribution is 0.357. The van der Waals surface area contributed by atoms with Crippen LogP contribution in [0.25, 0.3) is 5.69 Å². The van der Waals surface area contributed by atoms with Crippen LogP contribution in [-0.4, -0.2) is 14.8 Å². The molecule has 0 unspecified atom stereocenters. The van der Waals surface area contributed by atoms with E-state index in [1.807, 2.05) is 22.8 Å². The highest BCUT2D eigenvalue weighted by atomic mass is 15.3. The molecule has 0 saturated heterocycles. The Bertz CT molecular complexity index is 524. The summed E-state index contributed by atoms with van der Waals surface area (Å²) in [5.74, 6) is 0.903. The van der Waals surface area contributed by atoms with Crippen molar-refractivity contribution in [3.05, 3.63) is 42.5 Å². The predicted octanol–water partition coefficient (Wildman–Crippen LogP) is 2.78. The average molecular weight is 256 g/mol. The standard InChI is InChI=1S/C15H20N4/c16-15(10-6-1-2-7-11-15)14-18-17-12-19(14)13-8-4-3-5-9-13/h3-5,8-9,12H,1-2,6-7,10-11,16H2. The number of rotatable bonds is 2. The molecule has 1 aliphatic carbocycles. The van der Waals surface area contributed by atoms with Crippen molar-refractivity contribution in [2.45, 2.75) is 44.1 Å². The zero-order chi connectivity index (χ0) is 13.1. The molecule has 100 valence electrons. The second-order valence-corrected chi connectivity index (χ2v) is 5.43. The van der Waals surface area contributed by atoms with E-state index in [2.05, 4.69) is 22.3 Å². The molecule has 0 bridgehead atoms. The maximum atomic E-state index is 6.64. The van der Waals surface area contributed by atoms with Gasteiger partial charge in [-0.15, -0.1) is 10.2 Å². The normalized spacial score (nSPS) is 19.0. The van der Waals surface area contributed by atoms with Gasteiger partial charge < -0.3 is 5.73 Å². The first kappa shape index (κ1) is 12.4. The van der Waals surface area contributed by atoms with Crippen LogP contribution in [0.2, 0.25) is 0 Å². The van der Waals surface area contributed by atoms with Crippen molar-refractivity contribution in [3.8, 4) is 5.69 Å². The summed E-state index contributed by atoms with van der Waals surface area (Å²) in [4.78, 5) is 0. The van der Waals surface area contributed by atoms with Crippen molar-refractivity contribution in [2.75, 3.05) is 0 Å². The number of para-hydroxylation sites is 1. The number of nitrogens with two attached hydrogens (primary N) is 1. The van der Waals surface area contributed by atoms with Crippen LogP contribution in [0.5, 0.6) is 0 Å². The minimum atomic E-state index is -0.331. The highest BCUT2D eigenvalue weighted by Crippen LogP contribution is 2.33. The van der Waals surface area contributed by atoms with Crippen LogP contribution in [0.4, 0.5) is 0 Å². The number of nitrogens with zero attached hydrogens (tertiary/aromatic N) is 3. The molecular weight excluding hydrogens is 236 g/mol. The van der Waals surface area contributed by atoms with Gasteiger partial charge in [0, 0.05) is 5.69 Å². The molecule has 3 rings (SSSR count). The van der Waals surface area contributed by atoms with Gasteiger partial charge in [-0.25, -0.2) is 0 Å². The van der Waals surface area contributed by atoms with Gasteiger partial charge in [-0.2, -0.15) is 0 Å². The fourth-order valence-electron chi connectivity index (χ4n) is 2.94. The fraction of sp³-hybridized carbons (Fsp3) is 0.467. The summed E-state index contributed by atoms with van der Waals surface area (Å²) in [7, 11) is 0. The Hall–Kier alpha value is -1.68. The molecule has 19 heavy (non-hydrogen) atoms. The Labute approximate surface area is 113 Å². The monoisotopic (exact) mass is 256 g/mol. The molecule has 4 nitrogen and oxygen atoms in total. The zero-order valence-corrected chi connectivity index (χ0v) is 11.1. The van der Waals surface area contributed by atoms with Crippen molar-refractivity contribution < 1.29 is 0 Å². The molecule has 0 radical (unpaired) electrons. The molecule has 1 fully saturated rings. The second kappa shape index (κ2) is 5.13. The molecular formula is C15H20N4. The quantitative estimate of drug-likeness (QED) is 0.841. The molecule has 0 amide bonds. The Morgan fingerprint density at radius 1 is 1.00 bits per heavy atom. The van der Waals surface area contributed by atoms with E-state index in [-0.39, 0.29) is 5.54 Å². The van der Waals surface area contributed by atoms with Gasteiger partial charge >= 0.3 is 0 Å².